The quantitative estimate of drug-likeness (QED) is 0.648. The minimum absolute atomic E-state index is 0.863. The fourth-order valence-electron chi connectivity index (χ4n) is 1.54. The van der Waals surface area contributed by atoms with E-state index in [-0.39, 0.29) is 0 Å². The molecule has 0 bridgehead atoms. The monoisotopic (exact) mass is 322 g/mol. The lowest BCUT2D eigenvalue weighted by atomic mass is 10.3. The molecule has 0 unspecified atom stereocenters. The zero-order valence-electron chi connectivity index (χ0n) is 9.97. The molecule has 0 aliphatic carbocycles. The van der Waals surface area contributed by atoms with Gasteiger partial charge < -0.3 is 5.32 Å². The van der Waals surface area contributed by atoms with Crippen LogP contribution in [0, 0.1) is 0 Å². The van der Waals surface area contributed by atoms with Crippen LogP contribution in [0.4, 0.5) is 0 Å². The van der Waals surface area contributed by atoms with Crippen LogP contribution in [0.15, 0.2) is 58.2 Å². The van der Waals surface area contributed by atoms with Crippen molar-refractivity contribution in [2.45, 2.75) is 11.4 Å². The van der Waals surface area contributed by atoms with Crippen molar-refractivity contribution in [2.75, 3.05) is 12.3 Å². The summed E-state index contributed by atoms with van der Waals surface area (Å²) >= 11 is 5.29. The molecule has 0 saturated heterocycles. The highest BCUT2D eigenvalue weighted by Gasteiger charge is 1.95. The van der Waals surface area contributed by atoms with Crippen LogP contribution in [0.5, 0.6) is 0 Å². The summed E-state index contributed by atoms with van der Waals surface area (Å²) in [6.45, 7) is 1.86. The molecule has 18 heavy (non-hydrogen) atoms. The average molecular weight is 323 g/mol. The molecule has 0 fully saturated rings. The lowest BCUT2D eigenvalue weighted by Gasteiger charge is -2.05. The molecule has 2 aromatic rings. The fourth-order valence-corrected chi connectivity index (χ4v) is 2.79. The highest BCUT2D eigenvalue weighted by Crippen LogP contribution is 2.15. The predicted molar refractivity (Wildman–Crippen MR) is 80.8 cm³/mol. The van der Waals surface area contributed by atoms with E-state index in [1.165, 1.54) is 10.5 Å². The number of hydrogen-bond donors (Lipinski definition) is 1. The number of hydrogen-bond acceptors (Lipinski definition) is 3. The number of thioether (sulfide) groups is 1. The highest BCUT2D eigenvalue weighted by atomic mass is 79.9. The van der Waals surface area contributed by atoms with E-state index in [0.717, 1.165) is 23.3 Å². The molecule has 1 N–H and O–H groups in total. The van der Waals surface area contributed by atoms with E-state index < -0.39 is 0 Å². The van der Waals surface area contributed by atoms with Gasteiger partial charge in [-0.25, -0.2) is 0 Å². The molecule has 4 heteroatoms. The SMILES string of the molecule is Brc1cncc(CNCCSc2ccccc2)c1. The maximum Gasteiger partial charge on any atom is 0.0410 e. The molecule has 0 spiro atoms. The Balaban J connectivity index is 1.65. The van der Waals surface area contributed by atoms with E-state index in [1.54, 1.807) is 6.20 Å². The molecule has 0 atom stereocenters. The number of halogens is 1. The molecule has 2 nitrogen and oxygen atoms in total. The first kappa shape index (κ1) is 13.6. The third-order valence-corrected chi connectivity index (χ3v) is 3.83. The van der Waals surface area contributed by atoms with Crippen molar-refractivity contribution >= 4 is 27.7 Å². The molecule has 0 radical (unpaired) electrons. The first-order chi connectivity index (χ1) is 8.84. The first-order valence-electron chi connectivity index (χ1n) is 5.82. The predicted octanol–water partition coefficient (Wildman–Crippen LogP) is 3.73. The van der Waals surface area contributed by atoms with Crippen LogP contribution in [0.2, 0.25) is 0 Å². The van der Waals surface area contributed by atoms with Crippen LogP contribution in [-0.2, 0) is 6.54 Å². The Hall–Kier alpha value is -0.840. The van der Waals surface area contributed by atoms with Gasteiger partial charge in [0, 0.05) is 40.6 Å². The largest absolute Gasteiger partial charge is 0.312 e. The summed E-state index contributed by atoms with van der Waals surface area (Å²) in [5.41, 5.74) is 1.20. The number of benzene rings is 1. The fraction of sp³-hybridized carbons (Fsp3) is 0.214. The first-order valence-corrected chi connectivity index (χ1v) is 7.60. The van der Waals surface area contributed by atoms with E-state index in [4.69, 9.17) is 0 Å². The van der Waals surface area contributed by atoms with Gasteiger partial charge in [0.2, 0.25) is 0 Å². The third-order valence-electron chi connectivity index (χ3n) is 2.38. The van der Waals surface area contributed by atoms with Gasteiger partial charge in [-0.15, -0.1) is 11.8 Å². The molecule has 0 amide bonds. The van der Waals surface area contributed by atoms with Gasteiger partial charge in [0.1, 0.15) is 0 Å². The van der Waals surface area contributed by atoms with Gasteiger partial charge in [0.25, 0.3) is 0 Å². The third kappa shape index (κ3) is 4.80. The summed E-state index contributed by atoms with van der Waals surface area (Å²) in [7, 11) is 0. The number of pyridine rings is 1. The molecule has 0 aliphatic rings. The highest BCUT2D eigenvalue weighted by molar-refractivity contribution is 9.10. The van der Waals surface area contributed by atoms with E-state index in [0.29, 0.717) is 0 Å². The second-order valence-electron chi connectivity index (χ2n) is 3.85. The Bertz CT molecular complexity index is 476. The zero-order valence-corrected chi connectivity index (χ0v) is 12.4. The summed E-state index contributed by atoms with van der Waals surface area (Å²) in [6, 6.07) is 12.6. The second kappa shape index (κ2) is 7.56. The summed E-state index contributed by atoms with van der Waals surface area (Å²) in [5, 5.41) is 3.42. The van der Waals surface area contributed by atoms with Crippen LogP contribution in [0.25, 0.3) is 0 Å². The van der Waals surface area contributed by atoms with Crippen molar-refractivity contribution in [1.29, 1.82) is 0 Å². The van der Waals surface area contributed by atoms with E-state index in [1.807, 2.05) is 24.0 Å². The van der Waals surface area contributed by atoms with Crippen LogP contribution in [-0.4, -0.2) is 17.3 Å². The van der Waals surface area contributed by atoms with Crippen molar-refractivity contribution in [3.63, 3.8) is 0 Å². The Kier molecular flexibility index (Phi) is 5.71. The van der Waals surface area contributed by atoms with E-state index >= 15 is 0 Å². The van der Waals surface area contributed by atoms with Crippen molar-refractivity contribution < 1.29 is 0 Å². The lowest BCUT2D eigenvalue weighted by molar-refractivity contribution is 0.729. The summed E-state index contributed by atoms with van der Waals surface area (Å²) in [6.07, 6.45) is 3.69. The Labute approximate surface area is 120 Å². The number of nitrogens with zero attached hydrogens (tertiary/aromatic N) is 1. The van der Waals surface area contributed by atoms with Gasteiger partial charge in [-0.05, 0) is 39.7 Å². The van der Waals surface area contributed by atoms with Gasteiger partial charge in [0.05, 0.1) is 0 Å². The Morgan fingerprint density at radius 2 is 2.00 bits per heavy atom. The average Bonchev–Trinajstić information content (AvgIpc) is 2.40. The van der Waals surface area contributed by atoms with Crippen molar-refractivity contribution in [3.05, 3.63) is 58.8 Å². The maximum absolute atomic E-state index is 4.14. The molecule has 1 heterocycles. The standard InChI is InChI=1S/C14H15BrN2S/c15-13-8-12(10-17-11-13)9-16-6-7-18-14-4-2-1-3-5-14/h1-5,8,10-11,16H,6-7,9H2. The number of aromatic nitrogens is 1. The molecular formula is C14H15BrN2S. The van der Waals surface area contributed by atoms with Gasteiger partial charge in [-0.1, -0.05) is 18.2 Å². The molecule has 1 aromatic heterocycles. The maximum atomic E-state index is 4.14. The van der Waals surface area contributed by atoms with Crippen LogP contribution in [0.3, 0.4) is 0 Å². The summed E-state index contributed by atoms with van der Waals surface area (Å²) in [5.74, 6) is 1.07. The van der Waals surface area contributed by atoms with E-state index in [9.17, 15) is 0 Å². The zero-order chi connectivity index (χ0) is 12.6. The van der Waals surface area contributed by atoms with Crippen molar-refractivity contribution in [3.8, 4) is 0 Å². The van der Waals surface area contributed by atoms with Crippen molar-refractivity contribution in [1.82, 2.24) is 10.3 Å². The number of rotatable bonds is 6. The normalized spacial score (nSPS) is 10.5. The topological polar surface area (TPSA) is 24.9 Å². The summed E-state index contributed by atoms with van der Waals surface area (Å²) < 4.78 is 1.03. The lowest BCUT2D eigenvalue weighted by Crippen LogP contribution is -2.16. The minimum atomic E-state index is 0.863. The van der Waals surface area contributed by atoms with Gasteiger partial charge in [-0.3, -0.25) is 4.98 Å². The van der Waals surface area contributed by atoms with Gasteiger partial charge >= 0.3 is 0 Å². The molecule has 0 aliphatic heterocycles. The smallest absolute Gasteiger partial charge is 0.0410 e. The molecule has 1 aromatic carbocycles. The van der Waals surface area contributed by atoms with Gasteiger partial charge in [0.15, 0.2) is 0 Å². The van der Waals surface area contributed by atoms with Gasteiger partial charge in [-0.2, -0.15) is 0 Å². The Morgan fingerprint density at radius 1 is 1.17 bits per heavy atom. The minimum Gasteiger partial charge on any atom is -0.312 e. The molecule has 2 rings (SSSR count). The number of nitrogens with one attached hydrogen (secondary N) is 1. The molecule has 0 saturated carbocycles. The van der Waals surface area contributed by atoms with Crippen LogP contribution >= 0.6 is 27.7 Å². The summed E-state index contributed by atoms with van der Waals surface area (Å²) in [4.78, 5) is 5.46. The molecule has 94 valence electrons. The van der Waals surface area contributed by atoms with Crippen LogP contribution < -0.4 is 5.32 Å². The van der Waals surface area contributed by atoms with E-state index in [2.05, 4.69) is 56.6 Å². The van der Waals surface area contributed by atoms with Crippen molar-refractivity contribution in [2.24, 2.45) is 0 Å². The van der Waals surface area contributed by atoms with Crippen LogP contribution in [0.1, 0.15) is 5.56 Å². The Morgan fingerprint density at radius 3 is 2.78 bits per heavy atom. The molecular weight excluding hydrogens is 308 g/mol. The second-order valence-corrected chi connectivity index (χ2v) is 5.93.